The van der Waals surface area contributed by atoms with Crippen LogP contribution in [0.4, 0.5) is 0 Å². The van der Waals surface area contributed by atoms with E-state index in [0.717, 1.165) is 0 Å². The molecule has 0 radical (unpaired) electrons. The van der Waals surface area contributed by atoms with E-state index in [1.807, 2.05) is 6.92 Å². The zero-order valence-corrected chi connectivity index (χ0v) is 12.0. The highest BCUT2D eigenvalue weighted by atomic mass is 35.5. The Morgan fingerprint density at radius 3 is 2.32 bits per heavy atom. The maximum atomic E-state index is 12.0. The van der Waals surface area contributed by atoms with Crippen LogP contribution in [0.25, 0.3) is 0 Å². The predicted octanol–water partition coefficient (Wildman–Crippen LogP) is 0.383. The third kappa shape index (κ3) is 4.88. The van der Waals surface area contributed by atoms with Gasteiger partial charge in [-0.2, -0.15) is 0 Å². The lowest BCUT2D eigenvalue weighted by Crippen LogP contribution is -2.29. The molecular formula is C11H19ClN4O3. The molecule has 0 bridgehead atoms. The highest BCUT2D eigenvalue weighted by Gasteiger charge is 2.20. The number of ether oxygens (including phenoxy) is 2. The van der Waals surface area contributed by atoms with Crippen molar-refractivity contribution in [2.75, 3.05) is 20.8 Å². The van der Waals surface area contributed by atoms with Crippen molar-refractivity contribution in [1.82, 2.24) is 15.3 Å². The zero-order chi connectivity index (χ0) is 13.5. The number of methoxy groups -OCH3 is 2. The Bertz CT molecular complexity index is 393. The fourth-order valence-corrected chi connectivity index (χ4v) is 1.36. The summed E-state index contributed by atoms with van der Waals surface area (Å²) >= 11 is 0. The third-order valence-corrected chi connectivity index (χ3v) is 2.28. The maximum Gasteiger partial charge on any atom is 0.262 e. The van der Waals surface area contributed by atoms with Gasteiger partial charge in [-0.1, -0.05) is 0 Å². The maximum absolute atomic E-state index is 12.0. The van der Waals surface area contributed by atoms with Crippen LogP contribution in [0.2, 0.25) is 0 Å². The van der Waals surface area contributed by atoms with Crippen molar-refractivity contribution in [3.8, 4) is 11.8 Å². The van der Waals surface area contributed by atoms with Crippen molar-refractivity contribution in [2.45, 2.75) is 19.4 Å². The summed E-state index contributed by atoms with van der Waals surface area (Å²) < 4.78 is 10.0. The van der Waals surface area contributed by atoms with Crippen LogP contribution in [-0.4, -0.2) is 42.7 Å². The minimum atomic E-state index is -0.343. The summed E-state index contributed by atoms with van der Waals surface area (Å²) in [5.74, 6) is 0.0187. The smallest absolute Gasteiger partial charge is 0.262 e. The monoisotopic (exact) mass is 290 g/mol. The van der Waals surface area contributed by atoms with Crippen LogP contribution in [0.15, 0.2) is 6.33 Å². The standard InChI is InChI=1S/C11H18N4O3.ClH/c1-7(12)4-5-13-9(16)8-10(17-2)14-6-15-11(8)18-3;/h6-7H,4-5,12H2,1-3H3,(H,13,16);1H. The third-order valence-electron chi connectivity index (χ3n) is 2.28. The average molecular weight is 291 g/mol. The Balaban J connectivity index is 0.00000324. The van der Waals surface area contributed by atoms with Gasteiger partial charge in [0.2, 0.25) is 11.8 Å². The molecule has 19 heavy (non-hydrogen) atoms. The van der Waals surface area contributed by atoms with Gasteiger partial charge in [-0.25, -0.2) is 9.97 Å². The summed E-state index contributed by atoms with van der Waals surface area (Å²) in [5, 5.41) is 2.72. The molecule has 1 aromatic rings. The minimum absolute atomic E-state index is 0. The summed E-state index contributed by atoms with van der Waals surface area (Å²) in [6, 6.07) is 0.0288. The lowest BCUT2D eigenvalue weighted by Gasteiger charge is -2.11. The molecule has 1 amide bonds. The fourth-order valence-electron chi connectivity index (χ4n) is 1.36. The molecule has 1 heterocycles. The summed E-state index contributed by atoms with van der Waals surface area (Å²) in [6.45, 7) is 2.34. The van der Waals surface area contributed by atoms with E-state index in [-0.39, 0.29) is 41.7 Å². The van der Waals surface area contributed by atoms with E-state index in [4.69, 9.17) is 15.2 Å². The Morgan fingerprint density at radius 2 is 1.89 bits per heavy atom. The molecule has 1 unspecified atom stereocenters. The first-order valence-corrected chi connectivity index (χ1v) is 5.56. The molecule has 7 nitrogen and oxygen atoms in total. The molecule has 8 heteroatoms. The second kappa shape index (κ2) is 8.49. The predicted molar refractivity (Wildman–Crippen MR) is 73.0 cm³/mol. The van der Waals surface area contributed by atoms with E-state index in [0.29, 0.717) is 13.0 Å². The van der Waals surface area contributed by atoms with Crippen molar-refractivity contribution in [1.29, 1.82) is 0 Å². The van der Waals surface area contributed by atoms with Gasteiger partial charge in [0, 0.05) is 12.6 Å². The number of nitrogens with two attached hydrogens (primary N) is 1. The molecule has 108 valence electrons. The van der Waals surface area contributed by atoms with Crippen LogP contribution in [0.3, 0.4) is 0 Å². The summed E-state index contributed by atoms with van der Waals surface area (Å²) in [4.78, 5) is 19.7. The molecule has 0 fully saturated rings. The molecule has 0 spiro atoms. The second-order valence-corrected chi connectivity index (χ2v) is 3.79. The zero-order valence-electron chi connectivity index (χ0n) is 11.2. The van der Waals surface area contributed by atoms with E-state index >= 15 is 0 Å². The van der Waals surface area contributed by atoms with E-state index < -0.39 is 0 Å². The van der Waals surface area contributed by atoms with Crippen molar-refractivity contribution in [2.24, 2.45) is 5.73 Å². The lowest BCUT2D eigenvalue weighted by molar-refractivity contribution is 0.0944. The Hall–Kier alpha value is -1.60. The number of carbonyl (C=O) groups excluding carboxylic acids is 1. The quantitative estimate of drug-likeness (QED) is 0.786. The molecule has 3 N–H and O–H groups in total. The van der Waals surface area contributed by atoms with Crippen molar-refractivity contribution in [3.63, 3.8) is 0 Å². The number of hydrogen-bond donors (Lipinski definition) is 2. The van der Waals surface area contributed by atoms with E-state index in [1.165, 1.54) is 20.5 Å². The molecule has 0 saturated heterocycles. The second-order valence-electron chi connectivity index (χ2n) is 3.79. The molecule has 0 aromatic carbocycles. The average Bonchev–Trinajstić information content (AvgIpc) is 2.36. The largest absolute Gasteiger partial charge is 0.480 e. The normalized spacial score (nSPS) is 11.2. The molecule has 1 rings (SSSR count). The van der Waals surface area contributed by atoms with Crippen molar-refractivity contribution in [3.05, 3.63) is 11.9 Å². The molecule has 1 aromatic heterocycles. The van der Waals surface area contributed by atoms with Gasteiger partial charge in [0.25, 0.3) is 5.91 Å². The van der Waals surface area contributed by atoms with Crippen molar-refractivity contribution < 1.29 is 14.3 Å². The minimum Gasteiger partial charge on any atom is -0.480 e. The topological polar surface area (TPSA) is 99.4 Å². The lowest BCUT2D eigenvalue weighted by atomic mass is 10.2. The van der Waals surface area contributed by atoms with Gasteiger partial charge in [-0.05, 0) is 13.3 Å². The summed E-state index contributed by atoms with van der Waals surface area (Å²) in [6.07, 6.45) is 1.96. The fraction of sp³-hybridized carbons (Fsp3) is 0.545. The SMILES string of the molecule is COc1ncnc(OC)c1C(=O)NCCC(C)N.Cl. The number of carbonyl (C=O) groups is 1. The van der Waals surface area contributed by atoms with Gasteiger partial charge in [0.15, 0.2) is 5.56 Å². The van der Waals surface area contributed by atoms with Crippen molar-refractivity contribution >= 4 is 18.3 Å². The highest BCUT2D eigenvalue weighted by Crippen LogP contribution is 2.22. The first kappa shape index (κ1) is 17.4. The van der Waals surface area contributed by atoms with E-state index in [2.05, 4.69) is 15.3 Å². The molecule has 0 aliphatic carbocycles. The number of hydrogen-bond acceptors (Lipinski definition) is 6. The number of nitrogens with zero attached hydrogens (tertiary/aromatic N) is 2. The molecular weight excluding hydrogens is 272 g/mol. The van der Waals surface area contributed by atoms with Crippen LogP contribution in [-0.2, 0) is 0 Å². The van der Waals surface area contributed by atoms with Gasteiger partial charge >= 0.3 is 0 Å². The van der Waals surface area contributed by atoms with Crippen LogP contribution >= 0.6 is 12.4 Å². The van der Waals surface area contributed by atoms with Crippen LogP contribution in [0, 0.1) is 0 Å². The molecule has 0 aliphatic heterocycles. The van der Waals surface area contributed by atoms with Crippen LogP contribution in [0.5, 0.6) is 11.8 Å². The highest BCUT2D eigenvalue weighted by molar-refractivity contribution is 5.98. The van der Waals surface area contributed by atoms with E-state index in [9.17, 15) is 4.79 Å². The number of halogens is 1. The number of rotatable bonds is 6. The summed E-state index contributed by atoms with van der Waals surface area (Å²) in [7, 11) is 2.86. The molecule has 0 saturated carbocycles. The van der Waals surface area contributed by atoms with Gasteiger partial charge in [0.1, 0.15) is 6.33 Å². The molecule has 0 aliphatic rings. The summed E-state index contributed by atoms with van der Waals surface area (Å²) in [5.41, 5.74) is 5.79. The van der Waals surface area contributed by atoms with Gasteiger partial charge in [-0.3, -0.25) is 4.79 Å². The van der Waals surface area contributed by atoms with E-state index in [1.54, 1.807) is 0 Å². The van der Waals surface area contributed by atoms with Gasteiger partial charge in [0.05, 0.1) is 14.2 Å². The van der Waals surface area contributed by atoms with Crippen LogP contribution in [0.1, 0.15) is 23.7 Å². The first-order valence-electron chi connectivity index (χ1n) is 5.56. The Kier molecular flexibility index (Phi) is 7.78. The number of nitrogens with one attached hydrogen (secondary N) is 1. The number of amides is 1. The molecule has 1 atom stereocenters. The Morgan fingerprint density at radius 1 is 1.37 bits per heavy atom. The van der Waals surface area contributed by atoms with Crippen LogP contribution < -0.4 is 20.5 Å². The Labute approximate surface area is 118 Å². The first-order chi connectivity index (χ1) is 8.60. The van der Waals surface area contributed by atoms with Gasteiger partial charge < -0.3 is 20.5 Å². The number of aromatic nitrogens is 2. The van der Waals surface area contributed by atoms with Gasteiger partial charge in [-0.15, -0.1) is 12.4 Å².